The lowest BCUT2D eigenvalue weighted by molar-refractivity contribution is 0.474. The van der Waals surface area contributed by atoms with Gasteiger partial charge in [0.25, 0.3) is 0 Å². The predicted octanol–water partition coefficient (Wildman–Crippen LogP) is 4.25. The third kappa shape index (κ3) is 3.56. The topological polar surface area (TPSA) is 76.2 Å². The molecule has 2 heterocycles. The van der Waals surface area contributed by atoms with Crippen LogP contribution in [-0.2, 0) is 0 Å². The van der Waals surface area contributed by atoms with Crippen molar-refractivity contribution in [2.24, 2.45) is 5.10 Å². The molecule has 0 aliphatic rings. The molecule has 132 valence electrons. The zero-order valence-electron chi connectivity index (χ0n) is 14.1. The average molecular weight is 376 g/mol. The summed E-state index contributed by atoms with van der Waals surface area (Å²) in [5.74, 6) is 1.27. The van der Waals surface area contributed by atoms with Crippen molar-refractivity contribution in [3.05, 3.63) is 83.6 Å². The Morgan fingerprint density at radius 1 is 0.852 bits per heavy atom. The molecule has 0 aliphatic carbocycles. The number of pyridine rings is 1. The van der Waals surface area contributed by atoms with E-state index < -0.39 is 0 Å². The van der Waals surface area contributed by atoms with Crippen LogP contribution in [-0.4, -0.2) is 31.2 Å². The van der Waals surface area contributed by atoms with Crippen LogP contribution in [0.2, 0.25) is 5.02 Å². The van der Waals surface area contributed by atoms with Gasteiger partial charge in [0.2, 0.25) is 0 Å². The number of hydrogen-bond donors (Lipinski definition) is 1. The molecule has 0 saturated heterocycles. The van der Waals surface area contributed by atoms with Crippen molar-refractivity contribution in [3.8, 4) is 28.5 Å². The van der Waals surface area contributed by atoms with Gasteiger partial charge in [0.15, 0.2) is 11.6 Å². The minimum absolute atomic E-state index is 0.146. The van der Waals surface area contributed by atoms with Gasteiger partial charge in [-0.2, -0.15) is 9.78 Å². The fraction of sp³-hybridized carbons (Fsp3) is 0. The van der Waals surface area contributed by atoms with E-state index in [1.54, 1.807) is 53.6 Å². The first-order valence-electron chi connectivity index (χ1n) is 8.16. The number of phenolic OH excluding ortho intramolecular Hbond substituents is 1. The van der Waals surface area contributed by atoms with Crippen LogP contribution in [0.5, 0.6) is 5.75 Å². The Morgan fingerprint density at radius 3 is 2.15 bits per heavy atom. The van der Waals surface area contributed by atoms with Gasteiger partial charge < -0.3 is 5.11 Å². The van der Waals surface area contributed by atoms with Crippen LogP contribution in [0.3, 0.4) is 0 Å². The highest BCUT2D eigenvalue weighted by atomic mass is 35.5. The summed E-state index contributed by atoms with van der Waals surface area (Å²) in [6.45, 7) is 0. The molecule has 0 aliphatic heterocycles. The second kappa shape index (κ2) is 7.39. The fourth-order valence-electron chi connectivity index (χ4n) is 2.57. The SMILES string of the molecule is Oc1ccccc1/C=N/n1c(-c2ccncc2)nnc1-c1ccc(Cl)cc1. The number of phenols is 1. The summed E-state index contributed by atoms with van der Waals surface area (Å²) >= 11 is 5.99. The van der Waals surface area contributed by atoms with Gasteiger partial charge >= 0.3 is 0 Å². The van der Waals surface area contributed by atoms with Crippen LogP contribution in [0, 0.1) is 0 Å². The Hall–Kier alpha value is -3.51. The van der Waals surface area contributed by atoms with Gasteiger partial charge in [-0.3, -0.25) is 4.98 Å². The van der Waals surface area contributed by atoms with Gasteiger partial charge in [-0.1, -0.05) is 23.7 Å². The van der Waals surface area contributed by atoms with Gasteiger partial charge in [-0.15, -0.1) is 10.2 Å². The summed E-state index contributed by atoms with van der Waals surface area (Å²) in [5, 5.41) is 23.7. The quantitative estimate of drug-likeness (QED) is 0.541. The van der Waals surface area contributed by atoms with Gasteiger partial charge in [-0.05, 0) is 48.5 Å². The molecule has 0 spiro atoms. The lowest BCUT2D eigenvalue weighted by Gasteiger charge is -2.05. The molecular weight excluding hydrogens is 362 g/mol. The van der Waals surface area contributed by atoms with Crippen molar-refractivity contribution in [2.75, 3.05) is 0 Å². The summed E-state index contributed by atoms with van der Waals surface area (Å²) < 4.78 is 1.63. The molecule has 2 aromatic heterocycles. The Labute approximate surface area is 160 Å². The standard InChI is InChI=1S/C20H14ClN5O/c21-17-7-5-14(6-8-17)19-24-25-20(15-9-11-22-12-10-15)26(19)23-13-16-3-1-2-4-18(16)27/h1-13,27H/b23-13+. The van der Waals surface area contributed by atoms with Crippen LogP contribution >= 0.6 is 11.6 Å². The molecule has 1 N–H and O–H groups in total. The number of aromatic nitrogens is 4. The van der Waals surface area contributed by atoms with Gasteiger partial charge in [-0.25, -0.2) is 0 Å². The Morgan fingerprint density at radius 2 is 1.48 bits per heavy atom. The van der Waals surface area contributed by atoms with Gasteiger partial charge in [0.1, 0.15) is 5.75 Å². The molecule has 0 amide bonds. The van der Waals surface area contributed by atoms with Crippen LogP contribution in [0.25, 0.3) is 22.8 Å². The zero-order valence-corrected chi connectivity index (χ0v) is 14.8. The lowest BCUT2D eigenvalue weighted by Crippen LogP contribution is -1.98. The molecule has 0 bridgehead atoms. The fourth-order valence-corrected chi connectivity index (χ4v) is 2.69. The maximum atomic E-state index is 9.99. The number of para-hydroxylation sites is 1. The largest absolute Gasteiger partial charge is 0.507 e. The minimum Gasteiger partial charge on any atom is -0.507 e. The second-order valence-corrected chi connectivity index (χ2v) is 6.14. The van der Waals surface area contributed by atoms with E-state index in [-0.39, 0.29) is 5.75 Å². The molecule has 27 heavy (non-hydrogen) atoms. The molecule has 4 rings (SSSR count). The van der Waals surface area contributed by atoms with E-state index in [1.165, 1.54) is 0 Å². The van der Waals surface area contributed by atoms with Crippen LogP contribution in [0.1, 0.15) is 5.56 Å². The zero-order chi connectivity index (χ0) is 18.6. The number of aromatic hydroxyl groups is 1. The van der Waals surface area contributed by atoms with Crippen LogP contribution in [0.15, 0.2) is 78.2 Å². The highest BCUT2D eigenvalue weighted by molar-refractivity contribution is 6.30. The maximum absolute atomic E-state index is 9.99. The predicted molar refractivity (Wildman–Crippen MR) is 105 cm³/mol. The van der Waals surface area contributed by atoms with Crippen molar-refractivity contribution in [2.45, 2.75) is 0 Å². The van der Waals surface area contributed by atoms with Crippen molar-refractivity contribution < 1.29 is 5.11 Å². The average Bonchev–Trinajstić information content (AvgIpc) is 3.12. The Bertz CT molecular complexity index is 1090. The van der Waals surface area contributed by atoms with Gasteiger partial charge in [0, 0.05) is 34.1 Å². The van der Waals surface area contributed by atoms with Crippen LogP contribution in [0.4, 0.5) is 0 Å². The van der Waals surface area contributed by atoms with Crippen molar-refractivity contribution in [1.29, 1.82) is 0 Å². The first-order valence-corrected chi connectivity index (χ1v) is 8.54. The van der Waals surface area contributed by atoms with E-state index in [0.29, 0.717) is 22.2 Å². The molecule has 6 nitrogen and oxygen atoms in total. The summed E-state index contributed by atoms with van der Waals surface area (Å²) in [7, 11) is 0. The molecule has 0 fully saturated rings. The van der Waals surface area contributed by atoms with E-state index in [2.05, 4.69) is 20.3 Å². The third-order valence-corrected chi connectivity index (χ3v) is 4.18. The van der Waals surface area contributed by atoms with Crippen LogP contribution < -0.4 is 0 Å². The van der Waals surface area contributed by atoms with E-state index >= 15 is 0 Å². The molecule has 0 atom stereocenters. The number of nitrogens with zero attached hydrogens (tertiary/aromatic N) is 5. The van der Waals surface area contributed by atoms with Gasteiger partial charge in [0.05, 0.1) is 6.21 Å². The molecular formula is C20H14ClN5O. The molecule has 7 heteroatoms. The molecule has 4 aromatic rings. The third-order valence-electron chi connectivity index (χ3n) is 3.93. The lowest BCUT2D eigenvalue weighted by atomic mass is 10.2. The first kappa shape index (κ1) is 16.9. The molecule has 0 saturated carbocycles. The number of halogens is 1. The van der Waals surface area contributed by atoms with E-state index in [4.69, 9.17) is 11.6 Å². The first-order chi connectivity index (χ1) is 13.2. The smallest absolute Gasteiger partial charge is 0.185 e. The van der Waals surface area contributed by atoms with Crippen molar-refractivity contribution >= 4 is 17.8 Å². The second-order valence-electron chi connectivity index (χ2n) is 5.71. The highest BCUT2D eigenvalue weighted by Crippen LogP contribution is 2.25. The molecule has 0 unspecified atom stereocenters. The molecule has 2 aromatic carbocycles. The number of benzene rings is 2. The summed E-state index contributed by atoms with van der Waals surface area (Å²) in [6, 6.07) is 17.9. The normalized spacial score (nSPS) is 11.1. The van der Waals surface area contributed by atoms with E-state index in [9.17, 15) is 5.11 Å². The Kier molecular flexibility index (Phi) is 4.63. The minimum atomic E-state index is 0.146. The number of rotatable bonds is 4. The molecule has 0 radical (unpaired) electrons. The summed E-state index contributed by atoms with van der Waals surface area (Å²) in [6.07, 6.45) is 4.94. The van der Waals surface area contributed by atoms with Crippen molar-refractivity contribution in [1.82, 2.24) is 19.9 Å². The monoisotopic (exact) mass is 375 g/mol. The van der Waals surface area contributed by atoms with Crippen molar-refractivity contribution in [3.63, 3.8) is 0 Å². The van der Waals surface area contributed by atoms with E-state index in [1.807, 2.05) is 30.3 Å². The number of hydrogen-bond acceptors (Lipinski definition) is 5. The van der Waals surface area contributed by atoms with E-state index in [0.717, 1.165) is 11.1 Å². The summed E-state index contributed by atoms with van der Waals surface area (Å²) in [5.41, 5.74) is 2.24. The Balaban J connectivity index is 1.84. The maximum Gasteiger partial charge on any atom is 0.185 e. The highest BCUT2D eigenvalue weighted by Gasteiger charge is 2.15. The summed E-state index contributed by atoms with van der Waals surface area (Å²) in [4.78, 5) is 4.04.